The molecule has 1 aromatic carbocycles. The highest BCUT2D eigenvalue weighted by Crippen LogP contribution is 2.07. The van der Waals surface area contributed by atoms with Gasteiger partial charge in [-0.25, -0.2) is 0 Å². The molecule has 0 amide bonds. The minimum absolute atomic E-state index is 0.0450. The molecule has 2 rings (SSSR count). The van der Waals surface area contributed by atoms with Crippen LogP contribution in [0.15, 0.2) is 35.1 Å². The van der Waals surface area contributed by atoms with Gasteiger partial charge in [0, 0.05) is 11.3 Å². The summed E-state index contributed by atoms with van der Waals surface area (Å²) in [5, 5.41) is 0. The fourth-order valence-electron chi connectivity index (χ4n) is 2.28. The molecule has 0 atom stereocenters. The zero-order valence-electron chi connectivity index (χ0n) is 12.0. The van der Waals surface area contributed by atoms with Gasteiger partial charge < -0.3 is 4.98 Å². The monoisotopic (exact) mass is 288 g/mol. The lowest BCUT2D eigenvalue weighted by atomic mass is 10.1. The van der Waals surface area contributed by atoms with Gasteiger partial charge in [-0.05, 0) is 37.5 Å². The molecule has 4 heteroatoms. The first-order chi connectivity index (χ1) is 9.63. The smallest absolute Gasteiger partial charge is 0.258 e. The maximum atomic E-state index is 12.6. The summed E-state index contributed by atoms with van der Waals surface area (Å²) < 4.78 is 2.15. The summed E-state index contributed by atoms with van der Waals surface area (Å²) >= 11 is 5.31. The van der Waals surface area contributed by atoms with Crippen LogP contribution in [0.1, 0.15) is 36.6 Å². The van der Waals surface area contributed by atoms with Crippen LogP contribution < -0.4 is 5.56 Å². The molecular formula is C16H20N2OS. The molecule has 1 N–H and O–H groups in total. The number of unbranched alkanes of at least 4 members (excludes halogenated alkanes) is 1. The summed E-state index contributed by atoms with van der Waals surface area (Å²) in [6.07, 6.45) is 2.90. The molecule has 0 bridgehead atoms. The summed E-state index contributed by atoms with van der Waals surface area (Å²) in [5.74, 6) is 0. The molecule has 0 fully saturated rings. The Labute approximate surface area is 124 Å². The van der Waals surface area contributed by atoms with Crippen LogP contribution in [0.5, 0.6) is 0 Å². The van der Waals surface area contributed by atoms with Crippen LogP contribution in [0.4, 0.5) is 0 Å². The van der Waals surface area contributed by atoms with Gasteiger partial charge in [-0.1, -0.05) is 43.7 Å². The van der Waals surface area contributed by atoms with Crippen molar-refractivity contribution in [2.24, 2.45) is 0 Å². The van der Waals surface area contributed by atoms with Crippen molar-refractivity contribution in [2.45, 2.75) is 39.7 Å². The summed E-state index contributed by atoms with van der Waals surface area (Å²) in [4.78, 5) is 15.8. The zero-order chi connectivity index (χ0) is 14.5. The first kappa shape index (κ1) is 14.7. The van der Waals surface area contributed by atoms with E-state index in [2.05, 4.69) is 11.9 Å². The number of nitrogens with one attached hydrogen (secondary N) is 1. The number of H-pyrrole nitrogens is 1. The molecule has 106 valence electrons. The van der Waals surface area contributed by atoms with Crippen LogP contribution >= 0.6 is 12.2 Å². The van der Waals surface area contributed by atoms with E-state index in [9.17, 15) is 4.79 Å². The van der Waals surface area contributed by atoms with Crippen LogP contribution in [0.2, 0.25) is 0 Å². The van der Waals surface area contributed by atoms with Crippen LogP contribution in [0, 0.1) is 11.7 Å². The molecule has 1 aromatic heterocycles. The molecule has 1 heterocycles. The van der Waals surface area contributed by atoms with Crippen LogP contribution in [0.25, 0.3) is 0 Å². The van der Waals surface area contributed by atoms with E-state index in [1.54, 1.807) is 4.57 Å². The van der Waals surface area contributed by atoms with E-state index in [0.717, 1.165) is 36.1 Å². The highest BCUT2D eigenvalue weighted by Gasteiger charge is 2.09. The van der Waals surface area contributed by atoms with Gasteiger partial charge in [0.05, 0.1) is 6.54 Å². The van der Waals surface area contributed by atoms with Crippen molar-refractivity contribution >= 4 is 12.2 Å². The van der Waals surface area contributed by atoms with Gasteiger partial charge in [0.15, 0.2) is 4.77 Å². The van der Waals surface area contributed by atoms with Gasteiger partial charge in [-0.2, -0.15) is 0 Å². The van der Waals surface area contributed by atoms with Gasteiger partial charge in [-0.15, -0.1) is 0 Å². The van der Waals surface area contributed by atoms with Crippen molar-refractivity contribution in [3.8, 4) is 0 Å². The number of rotatable bonds is 5. The Bertz CT molecular complexity index is 686. The normalized spacial score (nSPS) is 10.7. The second-order valence-electron chi connectivity index (χ2n) is 5.01. The van der Waals surface area contributed by atoms with E-state index < -0.39 is 0 Å². The fourth-order valence-corrected chi connectivity index (χ4v) is 2.58. The van der Waals surface area contributed by atoms with Crippen molar-refractivity contribution < 1.29 is 0 Å². The zero-order valence-corrected chi connectivity index (χ0v) is 12.8. The Morgan fingerprint density at radius 3 is 2.60 bits per heavy atom. The highest BCUT2D eigenvalue weighted by molar-refractivity contribution is 7.71. The number of aromatic nitrogens is 2. The molecule has 0 unspecified atom stereocenters. The second kappa shape index (κ2) is 6.66. The molecule has 0 saturated carbocycles. The average molecular weight is 288 g/mol. The second-order valence-corrected chi connectivity index (χ2v) is 5.40. The van der Waals surface area contributed by atoms with E-state index >= 15 is 0 Å². The van der Waals surface area contributed by atoms with Crippen molar-refractivity contribution in [2.75, 3.05) is 0 Å². The van der Waals surface area contributed by atoms with Crippen molar-refractivity contribution in [3.63, 3.8) is 0 Å². The van der Waals surface area contributed by atoms with Crippen molar-refractivity contribution in [1.29, 1.82) is 0 Å². The van der Waals surface area contributed by atoms with Crippen LogP contribution in [-0.4, -0.2) is 9.55 Å². The van der Waals surface area contributed by atoms with Gasteiger partial charge in [0.1, 0.15) is 0 Å². The summed E-state index contributed by atoms with van der Waals surface area (Å²) in [6, 6.07) is 9.92. The Morgan fingerprint density at radius 1 is 1.25 bits per heavy atom. The van der Waals surface area contributed by atoms with Gasteiger partial charge in [0.2, 0.25) is 0 Å². The SMILES string of the molecule is CCCCc1c(C)[nH]c(=S)n(Cc2ccccc2)c1=O. The molecule has 3 nitrogen and oxygen atoms in total. The van der Waals surface area contributed by atoms with Gasteiger partial charge in [-0.3, -0.25) is 9.36 Å². The lowest BCUT2D eigenvalue weighted by molar-refractivity contribution is 0.682. The van der Waals surface area contributed by atoms with E-state index in [4.69, 9.17) is 12.2 Å². The molecule has 0 spiro atoms. The first-order valence-corrected chi connectivity index (χ1v) is 7.40. The third-order valence-corrected chi connectivity index (χ3v) is 3.78. The Kier molecular flexibility index (Phi) is 4.90. The third kappa shape index (κ3) is 3.25. The number of aryl methyl sites for hydroxylation is 1. The number of aromatic amines is 1. The third-order valence-electron chi connectivity index (χ3n) is 3.46. The van der Waals surface area contributed by atoms with Crippen LogP contribution in [-0.2, 0) is 13.0 Å². The lowest BCUT2D eigenvalue weighted by Gasteiger charge is -2.11. The molecule has 20 heavy (non-hydrogen) atoms. The molecular weight excluding hydrogens is 268 g/mol. The average Bonchev–Trinajstić information content (AvgIpc) is 2.44. The molecule has 0 aliphatic carbocycles. The quantitative estimate of drug-likeness (QED) is 0.854. The molecule has 0 saturated heterocycles. The predicted octanol–water partition coefficient (Wildman–Crippen LogP) is 3.61. The van der Waals surface area contributed by atoms with E-state index in [1.165, 1.54) is 0 Å². The minimum Gasteiger partial charge on any atom is -0.336 e. The standard InChI is InChI=1S/C16H20N2OS/c1-3-4-10-14-12(2)17-16(20)18(15(14)19)11-13-8-6-5-7-9-13/h5-9H,3-4,10-11H2,1-2H3,(H,17,20). The van der Waals surface area contributed by atoms with Gasteiger partial charge >= 0.3 is 0 Å². The largest absolute Gasteiger partial charge is 0.336 e. The lowest BCUT2D eigenvalue weighted by Crippen LogP contribution is -2.27. The maximum Gasteiger partial charge on any atom is 0.258 e. The van der Waals surface area contributed by atoms with E-state index in [0.29, 0.717) is 11.3 Å². The summed E-state index contributed by atoms with van der Waals surface area (Å²) in [7, 11) is 0. The molecule has 0 aliphatic heterocycles. The molecule has 0 aliphatic rings. The van der Waals surface area contributed by atoms with Gasteiger partial charge in [0.25, 0.3) is 5.56 Å². The summed E-state index contributed by atoms with van der Waals surface area (Å²) in [5.41, 5.74) is 2.89. The predicted molar refractivity (Wildman–Crippen MR) is 84.8 cm³/mol. The first-order valence-electron chi connectivity index (χ1n) is 7.00. The number of nitrogens with zero attached hydrogens (tertiary/aromatic N) is 1. The topological polar surface area (TPSA) is 37.8 Å². The van der Waals surface area contributed by atoms with Crippen molar-refractivity contribution in [1.82, 2.24) is 9.55 Å². The van der Waals surface area contributed by atoms with Crippen LogP contribution in [0.3, 0.4) is 0 Å². The Morgan fingerprint density at radius 2 is 1.95 bits per heavy atom. The fraction of sp³-hybridized carbons (Fsp3) is 0.375. The molecule has 2 aromatic rings. The Hall–Kier alpha value is -1.68. The van der Waals surface area contributed by atoms with Crippen molar-refractivity contribution in [3.05, 3.63) is 62.3 Å². The van der Waals surface area contributed by atoms with E-state index in [-0.39, 0.29) is 5.56 Å². The number of benzene rings is 1. The molecule has 0 radical (unpaired) electrons. The number of hydrogen-bond acceptors (Lipinski definition) is 2. The summed E-state index contributed by atoms with van der Waals surface area (Å²) in [6.45, 7) is 4.58. The minimum atomic E-state index is 0.0450. The highest BCUT2D eigenvalue weighted by atomic mass is 32.1. The number of hydrogen-bond donors (Lipinski definition) is 1. The Balaban J connectivity index is 2.43. The van der Waals surface area contributed by atoms with E-state index in [1.807, 2.05) is 37.3 Å². The maximum absolute atomic E-state index is 12.6.